The molecule has 0 bridgehead atoms. The van der Waals surface area contributed by atoms with E-state index < -0.39 is 25.4 Å². The summed E-state index contributed by atoms with van der Waals surface area (Å²) in [6.45, 7) is -5.16. The molecule has 2 aliphatic rings. The third-order valence-corrected chi connectivity index (χ3v) is 4.54. The van der Waals surface area contributed by atoms with Crippen molar-refractivity contribution in [2.45, 2.75) is 25.7 Å². The Morgan fingerprint density at radius 3 is 2.22 bits per heavy atom. The number of alkyl halides is 4. The summed E-state index contributed by atoms with van der Waals surface area (Å²) < 4.78 is 57.5. The molecule has 0 radical (unpaired) electrons. The van der Waals surface area contributed by atoms with Crippen LogP contribution in [-0.4, -0.2) is 68.2 Å². The van der Waals surface area contributed by atoms with E-state index in [0.29, 0.717) is 19.5 Å². The molecule has 1 aliphatic heterocycles. The predicted octanol–water partition coefficient (Wildman–Crippen LogP) is 1.67. The molecule has 2 rings (SSSR count). The summed E-state index contributed by atoms with van der Waals surface area (Å²) in [6.07, 6.45) is -0.709. The van der Waals surface area contributed by atoms with Crippen molar-refractivity contribution in [3.05, 3.63) is 0 Å². The predicted molar refractivity (Wildman–Crippen MR) is 70.4 cm³/mol. The average molecular weight is 344 g/mol. The molecule has 1 saturated carbocycles. The van der Waals surface area contributed by atoms with Gasteiger partial charge in [0.25, 0.3) is 0 Å². The number of piperazine rings is 1. The van der Waals surface area contributed by atoms with Gasteiger partial charge in [-0.15, -0.1) is 0 Å². The number of ether oxygens (including phenoxy) is 2. The van der Waals surface area contributed by atoms with Gasteiger partial charge in [0.1, 0.15) is 0 Å². The van der Waals surface area contributed by atoms with E-state index in [-0.39, 0.29) is 37.5 Å². The molecule has 10 heteroatoms. The molecule has 6 nitrogen and oxygen atoms in total. The van der Waals surface area contributed by atoms with Crippen molar-refractivity contribution >= 4 is 6.09 Å². The normalized spacial score (nSPS) is 31.5. The first-order valence-electron chi connectivity index (χ1n) is 7.40. The largest absolute Gasteiger partial charge is 0.465 e. The summed E-state index contributed by atoms with van der Waals surface area (Å²) in [5.41, 5.74) is 0. The van der Waals surface area contributed by atoms with Crippen molar-refractivity contribution in [2.24, 2.45) is 17.8 Å². The fourth-order valence-corrected chi connectivity index (χ4v) is 3.58. The second-order valence-electron chi connectivity index (χ2n) is 5.77. The summed E-state index contributed by atoms with van der Waals surface area (Å²) in [6, 6.07) is -0.465. The maximum absolute atomic E-state index is 12.2. The molecule has 4 atom stereocenters. The van der Waals surface area contributed by atoms with Crippen LogP contribution in [0.5, 0.6) is 0 Å². The number of hydrogen-bond donors (Lipinski definition) is 2. The molecule has 134 valence electrons. The van der Waals surface area contributed by atoms with E-state index in [2.05, 4.69) is 14.8 Å². The molecule has 23 heavy (non-hydrogen) atoms. The average Bonchev–Trinajstić information content (AvgIpc) is 2.45. The lowest BCUT2D eigenvalue weighted by Crippen LogP contribution is -2.62. The molecular weight excluding hydrogens is 324 g/mol. The lowest BCUT2D eigenvalue weighted by molar-refractivity contribution is -0.187. The van der Waals surface area contributed by atoms with E-state index in [9.17, 15) is 27.5 Å². The SMILES string of the molecule is O=C(O)N1CCNC[C@@H]1C1[C@H](COC(F)F)C[C@@H]1COC(F)F. The maximum Gasteiger partial charge on any atom is 0.407 e. The molecule has 1 amide bonds. The number of halogens is 4. The molecule has 1 heterocycles. The van der Waals surface area contributed by atoms with Gasteiger partial charge in [-0.25, -0.2) is 4.79 Å². The van der Waals surface area contributed by atoms with Gasteiger partial charge in [0.05, 0.1) is 19.3 Å². The topological polar surface area (TPSA) is 71.0 Å². The Morgan fingerprint density at radius 2 is 1.74 bits per heavy atom. The van der Waals surface area contributed by atoms with Crippen LogP contribution in [0.3, 0.4) is 0 Å². The molecule has 1 saturated heterocycles. The van der Waals surface area contributed by atoms with Crippen LogP contribution in [0, 0.1) is 17.8 Å². The minimum absolute atomic E-state index is 0.225. The van der Waals surface area contributed by atoms with Gasteiger partial charge in [0.2, 0.25) is 0 Å². The lowest BCUT2D eigenvalue weighted by atomic mass is 9.61. The Hall–Kier alpha value is -1.13. The van der Waals surface area contributed by atoms with Crippen LogP contribution >= 0.6 is 0 Å². The van der Waals surface area contributed by atoms with E-state index in [1.165, 1.54) is 4.90 Å². The number of hydrogen-bond acceptors (Lipinski definition) is 4. The molecular formula is C13H20F4N2O4. The lowest BCUT2D eigenvalue weighted by Gasteiger charge is -2.52. The van der Waals surface area contributed by atoms with Gasteiger partial charge in [0.15, 0.2) is 0 Å². The van der Waals surface area contributed by atoms with Crippen LogP contribution in [0.1, 0.15) is 6.42 Å². The van der Waals surface area contributed by atoms with Gasteiger partial charge in [-0.3, -0.25) is 0 Å². The van der Waals surface area contributed by atoms with Crippen LogP contribution in [0.2, 0.25) is 0 Å². The second kappa shape index (κ2) is 8.11. The zero-order valence-electron chi connectivity index (χ0n) is 12.3. The van der Waals surface area contributed by atoms with E-state index >= 15 is 0 Å². The third-order valence-electron chi connectivity index (χ3n) is 4.54. The summed E-state index contributed by atoms with van der Waals surface area (Å²) in [4.78, 5) is 12.6. The van der Waals surface area contributed by atoms with Gasteiger partial charge in [0, 0.05) is 19.6 Å². The fraction of sp³-hybridized carbons (Fsp3) is 0.923. The number of nitrogens with one attached hydrogen (secondary N) is 1. The van der Waals surface area contributed by atoms with Gasteiger partial charge in [-0.2, -0.15) is 17.6 Å². The van der Waals surface area contributed by atoms with Crippen LogP contribution in [0.25, 0.3) is 0 Å². The second-order valence-corrected chi connectivity index (χ2v) is 5.77. The summed E-state index contributed by atoms with van der Waals surface area (Å²) in [5.74, 6) is -0.958. The first kappa shape index (κ1) is 18.2. The van der Waals surface area contributed by atoms with Crippen LogP contribution in [0.15, 0.2) is 0 Å². The molecule has 2 fully saturated rings. The highest BCUT2D eigenvalue weighted by molar-refractivity contribution is 5.65. The highest BCUT2D eigenvalue weighted by Gasteiger charge is 2.49. The summed E-state index contributed by atoms with van der Waals surface area (Å²) in [5, 5.41) is 12.3. The number of amides is 1. The van der Waals surface area contributed by atoms with Crippen molar-refractivity contribution in [3.63, 3.8) is 0 Å². The Bertz CT molecular complexity index is 384. The fourth-order valence-electron chi connectivity index (χ4n) is 3.58. The van der Waals surface area contributed by atoms with Crippen molar-refractivity contribution in [1.82, 2.24) is 10.2 Å². The minimum atomic E-state index is -2.91. The Kier molecular flexibility index (Phi) is 6.42. The summed E-state index contributed by atoms with van der Waals surface area (Å²) in [7, 11) is 0. The molecule has 0 aromatic carbocycles. The molecule has 0 spiro atoms. The van der Waals surface area contributed by atoms with Crippen molar-refractivity contribution in [3.8, 4) is 0 Å². The molecule has 1 aliphatic carbocycles. The van der Waals surface area contributed by atoms with Crippen LogP contribution in [-0.2, 0) is 9.47 Å². The minimum Gasteiger partial charge on any atom is -0.465 e. The van der Waals surface area contributed by atoms with Gasteiger partial charge < -0.3 is 24.8 Å². The van der Waals surface area contributed by atoms with Crippen molar-refractivity contribution in [2.75, 3.05) is 32.8 Å². The summed E-state index contributed by atoms with van der Waals surface area (Å²) >= 11 is 0. The maximum atomic E-state index is 12.2. The quantitative estimate of drug-likeness (QED) is 0.688. The number of rotatable bonds is 7. The van der Waals surface area contributed by atoms with Crippen LogP contribution in [0.4, 0.5) is 22.4 Å². The molecule has 1 unspecified atom stereocenters. The zero-order valence-corrected chi connectivity index (χ0v) is 12.3. The standard InChI is InChI=1S/C13H20F4N2O4/c14-11(15)22-5-7-3-8(6-23-12(16)17)10(7)9-4-18-1-2-19(9)13(20)21/h7-12,18H,1-6H2,(H,20,21)/t7-,8+,9-,10?/m1/s1. The Labute approximate surface area is 130 Å². The molecule has 0 aromatic heterocycles. The van der Waals surface area contributed by atoms with Gasteiger partial charge in [-0.05, 0) is 24.2 Å². The van der Waals surface area contributed by atoms with Crippen molar-refractivity contribution in [1.29, 1.82) is 0 Å². The molecule has 2 N–H and O–H groups in total. The van der Waals surface area contributed by atoms with E-state index in [0.717, 1.165) is 0 Å². The van der Waals surface area contributed by atoms with Gasteiger partial charge >= 0.3 is 19.3 Å². The van der Waals surface area contributed by atoms with Crippen molar-refractivity contribution < 1.29 is 36.9 Å². The zero-order chi connectivity index (χ0) is 17.0. The van der Waals surface area contributed by atoms with E-state index in [4.69, 9.17) is 0 Å². The molecule has 0 aromatic rings. The van der Waals surface area contributed by atoms with E-state index in [1.54, 1.807) is 0 Å². The first-order valence-corrected chi connectivity index (χ1v) is 7.40. The highest BCUT2D eigenvalue weighted by Crippen LogP contribution is 2.45. The highest BCUT2D eigenvalue weighted by atomic mass is 19.3. The first-order chi connectivity index (χ1) is 10.9. The van der Waals surface area contributed by atoms with E-state index in [1.807, 2.05) is 0 Å². The Morgan fingerprint density at radius 1 is 1.17 bits per heavy atom. The third kappa shape index (κ3) is 4.67. The van der Waals surface area contributed by atoms with Crippen LogP contribution < -0.4 is 5.32 Å². The number of carboxylic acid groups (broad SMARTS) is 1. The number of carbonyl (C=O) groups is 1. The van der Waals surface area contributed by atoms with Gasteiger partial charge in [-0.1, -0.05) is 0 Å². The number of nitrogens with zero attached hydrogens (tertiary/aromatic N) is 1. The Balaban J connectivity index is 2.03. The monoisotopic (exact) mass is 344 g/mol. The smallest absolute Gasteiger partial charge is 0.407 e.